The van der Waals surface area contributed by atoms with E-state index in [1.165, 1.54) is 10.8 Å². The van der Waals surface area contributed by atoms with Crippen LogP contribution in [0, 0.1) is 0 Å². The van der Waals surface area contributed by atoms with Crippen LogP contribution in [0.15, 0.2) is 15.8 Å². The van der Waals surface area contributed by atoms with E-state index in [4.69, 9.17) is 11.5 Å². The molecule has 0 aliphatic rings. The van der Waals surface area contributed by atoms with Crippen LogP contribution in [0.1, 0.15) is 13.3 Å². The minimum absolute atomic E-state index is 0.0747. The number of nitrogen functional groups attached to an aromatic ring is 1. The summed E-state index contributed by atoms with van der Waals surface area (Å²) < 4.78 is 2.03. The van der Waals surface area contributed by atoms with Crippen molar-refractivity contribution in [1.82, 2.24) is 9.13 Å². The molecule has 7 nitrogen and oxygen atoms in total. The fourth-order valence-corrected chi connectivity index (χ4v) is 1.37. The van der Waals surface area contributed by atoms with Gasteiger partial charge in [-0.15, -0.1) is 0 Å². The molecule has 1 rings (SSSR count). The van der Waals surface area contributed by atoms with Crippen molar-refractivity contribution in [1.29, 1.82) is 0 Å². The summed E-state index contributed by atoms with van der Waals surface area (Å²) in [6, 6.07) is 0. The summed E-state index contributed by atoms with van der Waals surface area (Å²) in [7, 11) is 0. The molecule has 1 aromatic rings. The minimum atomic E-state index is -0.757. The third-order valence-electron chi connectivity index (χ3n) is 2.04. The highest BCUT2D eigenvalue weighted by atomic mass is 16.2. The fraction of sp³-hybridized carbons (Fsp3) is 0.444. The number of amides is 1. The van der Waals surface area contributed by atoms with Gasteiger partial charge < -0.3 is 11.5 Å². The Bertz CT molecular complexity index is 514. The summed E-state index contributed by atoms with van der Waals surface area (Å²) in [6.07, 6.45) is 2.00. The molecule has 16 heavy (non-hydrogen) atoms. The zero-order valence-electron chi connectivity index (χ0n) is 8.97. The lowest BCUT2D eigenvalue weighted by Crippen LogP contribution is -2.43. The molecule has 4 N–H and O–H groups in total. The lowest BCUT2D eigenvalue weighted by atomic mass is 10.4. The number of anilines is 1. The van der Waals surface area contributed by atoms with E-state index in [1.807, 2.05) is 6.92 Å². The van der Waals surface area contributed by atoms with Crippen LogP contribution in [0.3, 0.4) is 0 Å². The molecule has 88 valence electrons. The number of aromatic nitrogens is 2. The maximum atomic E-state index is 11.7. The van der Waals surface area contributed by atoms with Crippen LogP contribution in [0.4, 0.5) is 5.69 Å². The predicted molar refractivity (Wildman–Crippen MR) is 58.9 cm³/mol. The zero-order chi connectivity index (χ0) is 12.3. The van der Waals surface area contributed by atoms with E-state index < -0.39 is 23.7 Å². The largest absolute Gasteiger partial charge is 0.393 e. The van der Waals surface area contributed by atoms with Gasteiger partial charge >= 0.3 is 5.69 Å². The Morgan fingerprint density at radius 1 is 1.44 bits per heavy atom. The van der Waals surface area contributed by atoms with E-state index >= 15 is 0 Å². The van der Waals surface area contributed by atoms with Crippen molar-refractivity contribution in [3.8, 4) is 0 Å². The molecule has 1 aromatic heterocycles. The van der Waals surface area contributed by atoms with Gasteiger partial charge in [0.2, 0.25) is 5.91 Å². The van der Waals surface area contributed by atoms with E-state index in [9.17, 15) is 14.4 Å². The molecule has 0 spiro atoms. The summed E-state index contributed by atoms with van der Waals surface area (Å²) >= 11 is 0. The fourth-order valence-electron chi connectivity index (χ4n) is 1.37. The first-order valence-electron chi connectivity index (χ1n) is 4.85. The van der Waals surface area contributed by atoms with Crippen LogP contribution in [-0.4, -0.2) is 15.0 Å². The third-order valence-corrected chi connectivity index (χ3v) is 2.04. The minimum Gasteiger partial charge on any atom is -0.393 e. The maximum absolute atomic E-state index is 11.7. The molecular weight excluding hydrogens is 212 g/mol. The van der Waals surface area contributed by atoms with Gasteiger partial charge in [0.25, 0.3) is 5.56 Å². The van der Waals surface area contributed by atoms with Crippen molar-refractivity contribution >= 4 is 11.6 Å². The molecule has 7 heteroatoms. The molecule has 0 radical (unpaired) electrons. The van der Waals surface area contributed by atoms with Crippen LogP contribution >= 0.6 is 0 Å². The topological polar surface area (TPSA) is 113 Å². The number of nitrogens with two attached hydrogens (primary N) is 2. The normalized spacial score (nSPS) is 10.3. The number of nitrogens with zero attached hydrogens (tertiary/aromatic N) is 2. The smallest absolute Gasteiger partial charge is 0.331 e. The van der Waals surface area contributed by atoms with Gasteiger partial charge in [-0.05, 0) is 6.42 Å². The highest BCUT2D eigenvalue weighted by Crippen LogP contribution is 1.91. The summed E-state index contributed by atoms with van der Waals surface area (Å²) in [5.74, 6) is -0.757. The lowest BCUT2D eigenvalue weighted by molar-refractivity contribution is -0.118. The highest BCUT2D eigenvalue weighted by molar-refractivity contribution is 5.73. The number of primary amides is 1. The summed E-state index contributed by atoms with van der Waals surface area (Å²) in [4.78, 5) is 34.0. The van der Waals surface area contributed by atoms with E-state index in [-0.39, 0.29) is 5.69 Å². The molecule has 0 bridgehead atoms. The Morgan fingerprint density at radius 3 is 2.56 bits per heavy atom. The van der Waals surface area contributed by atoms with Crippen molar-refractivity contribution in [2.45, 2.75) is 26.4 Å². The van der Waals surface area contributed by atoms with Crippen molar-refractivity contribution < 1.29 is 4.79 Å². The maximum Gasteiger partial charge on any atom is 0.331 e. The molecule has 0 atom stereocenters. The molecule has 0 saturated carbocycles. The number of hydrogen-bond acceptors (Lipinski definition) is 4. The summed E-state index contributed by atoms with van der Waals surface area (Å²) in [6.45, 7) is 1.86. The van der Waals surface area contributed by atoms with Gasteiger partial charge in [0.15, 0.2) is 0 Å². The zero-order valence-corrected chi connectivity index (χ0v) is 8.97. The van der Waals surface area contributed by atoms with Gasteiger partial charge in [0.05, 0.1) is 0 Å². The average Bonchev–Trinajstić information content (AvgIpc) is 2.21. The summed E-state index contributed by atoms with van der Waals surface area (Å²) in [5, 5.41) is 0. The Hall–Kier alpha value is -2.05. The monoisotopic (exact) mass is 226 g/mol. The molecule has 0 unspecified atom stereocenters. The van der Waals surface area contributed by atoms with Crippen molar-refractivity contribution in [2.24, 2.45) is 5.73 Å². The highest BCUT2D eigenvalue weighted by Gasteiger charge is 2.10. The number of carbonyl (C=O) groups is 1. The van der Waals surface area contributed by atoms with E-state index in [2.05, 4.69) is 0 Å². The Balaban J connectivity index is 3.40. The molecule has 1 heterocycles. The standard InChI is InChI=1S/C9H14N4O3/c1-2-3-12-4-6(10)8(15)13(9(12)16)5-7(11)14/h4H,2-3,5,10H2,1H3,(H2,11,14). The van der Waals surface area contributed by atoms with Crippen LogP contribution < -0.4 is 22.7 Å². The van der Waals surface area contributed by atoms with Crippen LogP contribution in [0.2, 0.25) is 0 Å². The van der Waals surface area contributed by atoms with Gasteiger partial charge in [-0.1, -0.05) is 6.92 Å². The number of aryl methyl sites for hydroxylation is 1. The van der Waals surface area contributed by atoms with Gasteiger partial charge in [-0.2, -0.15) is 0 Å². The Kier molecular flexibility index (Phi) is 3.49. The quantitative estimate of drug-likeness (QED) is 0.649. The molecule has 0 aliphatic carbocycles. The van der Waals surface area contributed by atoms with Gasteiger partial charge in [0.1, 0.15) is 12.2 Å². The van der Waals surface area contributed by atoms with Crippen LogP contribution in [-0.2, 0) is 17.9 Å². The molecule has 0 saturated heterocycles. The van der Waals surface area contributed by atoms with Crippen molar-refractivity contribution in [3.63, 3.8) is 0 Å². The van der Waals surface area contributed by atoms with Crippen LogP contribution in [0.25, 0.3) is 0 Å². The molecular formula is C9H14N4O3. The molecule has 1 amide bonds. The van der Waals surface area contributed by atoms with Gasteiger partial charge in [-0.3, -0.25) is 14.2 Å². The first kappa shape index (κ1) is 12.0. The molecule has 0 aliphatic heterocycles. The Labute approximate surface area is 91.3 Å². The Morgan fingerprint density at radius 2 is 2.06 bits per heavy atom. The second kappa shape index (κ2) is 4.65. The number of carbonyl (C=O) groups excluding carboxylic acids is 1. The van der Waals surface area contributed by atoms with E-state index in [0.29, 0.717) is 13.0 Å². The van der Waals surface area contributed by atoms with Gasteiger partial charge in [-0.25, -0.2) is 9.36 Å². The van der Waals surface area contributed by atoms with Crippen molar-refractivity contribution in [3.05, 3.63) is 27.0 Å². The first-order chi connectivity index (χ1) is 7.47. The average molecular weight is 226 g/mol. The first-order valence-corrected chi connectivity index (χ1v) is 4.85. The molecule has 0 fully saturated rings. The SMILES string of the molecule is CCCn1cc(N)c(=O)n(CC(N)=O)c1=O. The number of hydrogen-bond donors (Lipinski definition) is 2. The van der Waals surface area contributed by atoms with E-state index in [1.54, 1.807) is 0 Å². The molecule has 0 aromatic carbocycles. The van der Waals surface area contributed by atoms with E-state index in [0.717, 1.165) is 4.57 Å². The second-order valence-electron chi connectivity index (χ2n) is 3.42. The number of rotatable bonds is 4. The second-order valence-corrected chi connectivity index (χ2v) is 3.42. The lowest BCUT2D eigenvalue weighted by Gasteiger charge is -2.09. The van der Waals surface area contributed by atoms with Crippen molar-refractivity contribution in [2.75, 3.05) is 5.73 Å². The summed E-state index contributed by atoms with van der Waals surface area (Å²) in [5.41, 5.74) is 9.07. The third kappa shape index (κ3) is 2.30. The predicted octanol–water partition coefficient (Wildman–Crippen LogP) is -1.51. The van der Waals surface area contributed by atoms with Gasteiger partial charge in [0, 0.05) is 12.7 Å². The van der Waals surface area contributed by atoms with Crippen LogP contribution in [0.5, 0.6) is 0 Å².